The fourth-order valence-corrected chi connectivity index (χ4v) is 3.25. The van der Waals surface area contributed by atoms with E-state index in [4.69, 9.17) is 9.47 Å². The number of aromatic amines is 1. The number of rotatable bonds is 7. The Kier molecular flexibility index (Phi) is 7.18. The SMILES string of the molecule is Cc1cc2nc(CC[C@@H](NC(=O)OC(C)(C)C)C(=O)OCc3ccccc3)[nH]c2cc1C. The number of nitrogens with one attached hydrogen (secondary N) is 2. The van der Waals surface area contributed by atoms with Gasteiger partial charge in [0.15, 0.2) is 0 Å². The minimum Gasteiger partial charge on any atom is -0.459 e. The Balaban J connectivity index is 1.69. The van der Waals surface area contributed by atoms with Gasteiger partial charge in [-0.1, -0.05) is 30.3 Å². The summed E-state index contributed by atoms with van der Waals surface area (Å²) in [4.78, 5) is 33.0. The molecule has 0 saturated heterocycles. The van der Waals surface area contributed by atoms with Crippen LogP contribution in [-0.4, -0.2) is 33.7 Å². The molecule has 1 amide bonds. The van der Waals surface area contributed by atoms with Crippen molar-refractivity contribution in [3.8, 4) is 0 Å². The highest BCUT2D eigenvalue weighted by atomic mass is 16.6. The van der Waals surface area contributed by atoms with Gasteiger partial charge in [0.05, 0.1) is 11.0 Å². The molecule has 0 saturated carbocycles. The fraction of sp³-hybridized carbons (Fsp3) is 0.400. The van der Waals surface area contributed by atoms with Crippen molar-refractivity contribution in [2.75, 3.05) is 0 Å². The van der Waals surface area contributed by atoms with E-state index in [2.05, 4.69) is 28.3 Å². The number of fused-ring (bicyclic) bond motifs is 1. The second-order valence-corrected chi connectivity index (χ2v) is 8.97. The topological polar surface area (TPSA) is 93.3 Å². The molecule has 0 unspecified atom stereocenters. The summed E-state index contributed by atoms with van der Waals surface area (Å²) in [5.41, 5.74) is 4.39. The Labute approximate surface area is 188 Å². The molecular weight excluding hydrogens is 406 g/mol. The predicted octanol–water partition coefficient (Wildman–Crippen LogP) is 4.75. The van der Waals surface area contributed by atoms with E-state index in [-0.39, 0.29) is 6.61 Å². The van der Waals surface area contributed by atoms with Gasteiger partial charge in [-0.15, -0.1) is 0 Å². The third-order valence-electron chi connectivity index (χ3n) is 5.02. The molecule has 1 aromatic heterocycles. The van der Waals surface area contributed by atoms with Crippen LogP contribution in [0.4, 0.5) is 4.79 Å². The molecule has 0 radical (unpaired) electrons. The minimum atomic E-state index is -0.856. The average molecular weight is 438 g/mol. The van der Waals surface area contributed by atoms with E-state index in [1.165, 1.54) is 11.1 Å². The van der Waals surface area contributed by atoms with Crippen molar-refractivity contribution in [3.63, 3.8) is 0 Å². The fourth-order valence-electron chi connectivity index (χ4n) is 3.25. The van der Waals surface area contributed by atoms with Crippen molar-refractivity contribution in [2.24, 2.45) is 0 Å². The number of carbonyl (C=O) groups is 2. The third kappa shape index (κ3) is 6.57. The van der Waals surface area contributed by atoms with Gasteiger partial charge < -0.3 is 19.8 Å². The Bertz CT molecular complexity index is 1040. The third-order valence-corrected chi connectivity index (χ3v) is 5.02. The maximum absolute atomic E-state index is 12.8. The van der Waals surface area contributed by atoms with E-state index in [1.54, 1.807) is 20.8 Å². The number of imidazole rings is 1. The Morgan fingerprint density at radius 2 is 1.78 bits per heavy atom. The van der Waals surface area contributed by atoms with Crippen molar-refractivity contribution in [1.82, 2.24) is 15.3 Å². The second-order valence-electron chi connectivity index (χ2n) is 8.97. The largest absolute Gasteiger partial charge is 0.459 e. The van der Waals surface area contributed by atoms with Crippen molar-refractivity contribution < 1.29 is 19.1 Å². The van der Waals surface area contributed by atoms with Gasteiger partial charge in [-0.3, -0.25) is 0 Å². The van der Waals surface area contributed by atoms with E-state index in [0.29, 0.717) is 12.8 Å². The zero-order valence-electron chi connectivity index (χ0n) is 19.3. The monoisotopic (exact) mass is 437 g/mol. The molecule has 32 heavy (non-hydrogen) atoms. The molecular formula is C25H31N3O4. The number of aryl methyl sites for hydroxylation is 3. The standard InChI is InChI=1S/C25H31N3O4/c1-16-13-20-21(14-17(16)2)27-22(26-20)12-11-19(28-24(30)32-25(3,4)5)23(29)31-15-18-9-7-6-8-10-18/h6-10,13-14,19H,11-12,15H2,1-5H3,(H,26,27)(H,28,30)/t19-/m1/s1. The molecule has 1 atom stereocenters. The number of hydrogen-bond acceptors (Lipinski definition) is 5. The molecule has 7 nitrogen and oxygen atoms in total. The van der Waals surface area contributed by atoms with E-state index < -0.39 is 23.7 Å². The lowest BCUT2D eigenvalue weighted by Crippen LogP contribution is -2.44. The van der Waals surface area contributed by atoms with Crippen LogP contribution in [0.25, 0.3) is 11.0 Å². The van der Waals surface area contributed by atoms with Crippen LogP contribution in [-0.2, 0) is 27.3 Å². The van der Waals surface area contributed by atoms with Crippen LogP contribution < -0.4 is 5.32 Å². The summed E-state index contributed by atoms with van der Waals surface area (Å²) in [6.07, 6.45) is 0.133. The van der Waals surface area contributed by atoms with Crippen LogP contribution in [0.3, 0.4) is 0 Å². The summed E-state index contributed by atoms with van der Waals surface area (Å²) in [6.45, 7) is 9.55. The Morgan fingerprint density at radius 1 is 1.09 bits per heavy atom. The van der Waals surface area contributed by atoms with Crippen LogP contribution >= 0.6 is 0 Å². The van der Waals surface area contributed by atoms with Crippen LogP contribution in [0.1, 0.15) is 49.7 Å². The van der Waals surface area contributed by atoms with Crippen LogP contribution in [0.15, 0.2) is 42.5 Å². The molecule has 0 bridgehead atoms. The van der Waals surface area contributed by atoms with Gasteiger partial charge in [-0.2, -0.15) is 0 Å². The van der Waals surface area contributed by atoms with Crippen LogP contribution in [0.2, 0.25) is 0 Å². The lowest BCUT2D eigenvalue weighted by atomic mass is 10.1. The highest BCUT2D eigenvalue weighted by Crippen LogP contribution is 2.18. The van der Waals surface area contributed by atoms with E-state index in [1.807, 2.05) is 43.3 Å². The number of esters is 1. The number of amides is 1. The Morgan fingerprint density at radius 3 is 2.47 bits per heavy atom. The van der Waals surface area contributed by atoms with Crippen molar-refractivity contribution >= 4 is 23.1 Å². The van der Waals surface area contributed by atoms with Gasteiger partial charge in [0, 0.05) is 6.42 Å². The first-order chi connectivity index (χ1) is 15.1. The first-order valence-electron chi connectivity index (χ1n) is 10.8. The second kappa shape index (κ2) is 9.85. The Hall–Kier alpha value is -3.35. The molecule has 170 valence electrons. The minimum absolute atomic E-state index is 0.134. The molecule has 7 heteroatoms. The molecule has 3 aromatic rings. The highest BCUT2D eigenvalue weighted by Gasteiger charge is 2.26. The number of carbonyl (C=O) groups excluding carboxylic acids is 2. The first-order valence-corrected chi connectivity index (χ1v) is 10.8. The van der Waals surface area contributed by atoms with Gasteiger partial charge in [0.1, 0.15) is 24.1 Å². The summed E-state index contributed by atoms with van der Waals surface area (Å²) in [6, 6.07) is 12.7. The number of hydrogen-bond donors (Lipinski definition) is 2. The average Bonchev–Trinajstić information content (AvgIpc) is 3.10. The summed E-state index contributed by atoms with van der Waals surface area (Å²) in [5, 5.41) is 2.65. The zero-order chi connectivity index (χ0) is 23.3. The molecule has 0 fully saturated rings. The summed E-state index contributed by atoms with van der Waals surface area (Å²) >= 11 is 0. The van der Waals surface area contributed by atoms with Crippen molar-refractivity contribution in [1.29, 1.82) is 0 Å². The first kappa shape index (κ1) is 23.3. The van der Waals surface area contributed by atoms with Crippen molar-refractivity contribution in [2.45, 2.75) is 65.7 Å². The normalized spacial score (nSPS) is 12.4. The number of nitrogens with zero attached hydrogens (tertiary/aromatic N) is 1. The van der Waals surface area contributed by atoms with Gasteiger partial charge in [0.2, 0.25) is 0 Å². The number of H-pyrrole nitrogens is 1. The molecule has 3 rings (SSSR count). The smallest absolute Gasteiger partial charge is 0.408 e. The van der Waals surface area contributed by atoms with E-state index in [0.717, 1.165) is 22.4 Å². The quantitative estimate of drug-likeness (QED) is 0.520. The van der Waals surface area contributed by atoms with Crippen molar-refractivity contribution in [3.05, 3.63) is 65.0 Å². The number of aromatic nitrogens is 2. The summed E-state index contributed by atoms with van der Waals surface area (Å²) in [7, 11) is 0. The van der Waals surface area contributed by atoms with Crippen LogP contribution in [0, 0.1) is 13.8 Å². The van der Waals surface area contributed by atoms with E-state index in [9.17, 15) is 9.59 Å². The molecule has 0 spiro atoms. The predicted molar refractivity (Wildman–Crippen MR) is 123 cm³/mol. The molecule has 0 aliphatic carbocycles. The summed E-state index contributed by atoms with van der Waals surface area (Å²) in [5.74, 6) is 0.236. The number of benzene rings is 2. The lowest BCUT2D eigenvalue weighted by molar-refractivity contribution is -0.147. The van der Waals surface area contributed by atoms with Gasteiger partial charge in [-0.05, 0) is 69.9 Å². The zero-order valence-corrected chi connectivity index (χ0v) is 19.3. The number of ether oxygens (including phenoxy) is 2. The van der Waals surface area contributed by atoms with E-state index >= 15 is 0 Å². The lowest BCUT2D eigenvalue weighted by Gasteiger charge is -2.23. The highest BCUT2D eigenvalue weighted by molar-refractivity contribution is 5.81. The van der Waals surface area contributed by atoms with Crippen LogP contribution in [0.5, 0.6) is 0 Å². The van der Waals surface area contributed by atoms with Gasteiger partial charge >= 0.3 is 12.1 Å². The number of alkyl carbamates (subject to hydrolysis) is 1. The maximum Gasteiger partial charge on any atom is 0.408 e. The molecule has 2 aromatic carbocycles. The molecule has 0 aliphatic heterocycles. The molecule has 2 N–H and O–H groups in total. The molecule has 1 heterocycles. The molecule has 0 aliphatic rings. The van der Waals surface area contributed by atoms with Gasteiger partial charge in [0.25, 0.3) is 0 Å². The summed E-state index contributed by atoms with van der Waals surface area (Å²) < 4.78 is 10.8. The van der Waals surface area contributed by atoms with Gasteiger partial charge in [-0.25, -0.2) is 14.6 Å². The maximum atomic E-state index is 12.8.